The first-order valence-electron chi connectivity index (χ1n) is 9.44. The Morgan fingerprint density at radius 3 is 2.89 bits per heavy atom. The molecule has 0 amide bonds. The van der Waals surface area contributed by atoms with E-state index in [4.69, 9.17) is 0 Å². The zero-order chi connectivity index (χ0) is 19.4. The number of aromatic nitrogens is 2. The van der Waals surface area contributed by atoms with E-state index in [0.29, 0.717) is 19.6 Å². The van der Waals surface area contributed by atoms with Crippen LogP contribution in [0, 0.1) is 5.92 Å². The van der Waals surface area contributed by atoms with Crippen LogP contribution in [-0.4, -0.2) is 38.6 Å². The highest BCUT2D eigenvalue weighted by atomic mass is 79.9. The Bertz CT molecular complexity index is 1140. The molecule has 0 unspecified atom stereocenters. The van der Waals surface area contributed by atoms with Crippen LogP contribution in [0.4, 0.5) is 0 Å². The molecule has 2 aliphatic heterocycles. The summed E-state index contributed by atoms with van der Waals surface area (Å²) < 4.78 is 2.82. The molecule has 2 aliphatic rings. The molecule has 0 spiro atoms. The van der Waals surface area contributed by atoms with Gasteiger partial charge < -0.3 is 14.7 Å². The van der Waals surface area contributed by atoms with Crippen molar-refractivity contribution in [2.24, 2.45) is 5.92 Å². The highest BCUT2D eigenvalue weighted by Crippen LogP contribution is 2.39. The Morgan fingerprint density at radius 2 is 2.07 bits per heavy atom. The van der Waals surface area contributed by atoms with E-state index in [9.17, 15) is 14.7 Å². The van der Waals surface area contributed by atoms with Crippen molar-refractivity contribution in [1.29, 1.82) is 0 Å². The van der Waals surface area contributed by atoms with Crippen LogP contribution >= 0.6 is 15.9 Å². The van der Waals surface area contributed by atoms with Gasteiger partial charge in [0.25, 0.3) is 5.56 Å². The van der Waals surface area contributed by atoms with E-state index in [0.717, 1.165) is 33.1 Å². The van der Waals surface area contributed by atoms with Crippen LogP contribution in [0.25, 0.3) is 10.9 Å². The fourth-order valence-electron chi connectivity index (χ4n) is 4.98. The number of halogens is 1. The van der Waals surface area contributed by atoms with Gasteiger partial charge in [-0.25, -0.2) is 0 Å². The molecule has 144 valence electrons. The molecule has 1 saturated heterocycles. The average molecular weight is 442 g/mol. The number of rotatable bonds is 3. The SMILES string of the molecule is O=C(O)[C@@H](c1c[nH]c2cc(Br)ccc12)N1C[C@@H]2C[C@H](C1)c1cccc(=O)n1C2. The molecule has 0 aliphatic carbocycles. The van der Waals surface area contributed by atoms with Crippen molar-refractivity contribution in [3.8, 4) is 0 Å². The number of hydrogen-bond donors (Lipinski definition) is 2. The molecular weight excluding hydrogens is 422 g/mol. The van der Waals surface area contributed by atoms with Gasteiger partial charge in [-0.1, -0.05) is 28.1 Å². The van der Waals surface area contributed by atoms with Crippen molar-refractivity contribution >= 4 is 32.8 Å². The van der Waals surface area contributed by atoms with E-state index in [2.05, 4.69) is 25.8 Å². The Labute approximate surface area is 169 Å². The molecule has 0 radical (unpaired) electrons. The second-order valence-corrected chi connectivity index (χ2v) is 8.74. The molecule has 6 nitrogen and oxygen atoms in total. The maximum absolute atomic E-state index is 12.3. The van der Waals surface area contributed by atoms with E-state index >= 15 is 0 Å². The number of piperidine rings is 1. The molecular formula is C21H20BrN3O3. The van der Waals surface area contributed by atoms with E-state index in [1.807, 2.05) is 35.0 Å². The Balaban J connectivity index is 1.54. The summed E-state index contributed by atoms with van der Waals surface area (Å²) in [5.74, 6) is -0.371. The summed E-state index contributed by atoms with van der Waals surface area (Å²) in [6.45, 7) is 1.98. The zero-order valence-corrected chi connectivity index (χ0v) is 16.7. The summed E-state index contributed by atoms with van der Waals surface area (Å²) in [7, 11) is 0. The van der Waals surface area contributed by atoms with Gasteiger partial charge in [0, 0.05) is 64.4 Å². The first-order valence-corrected chi connectivity index (χ1v) is 10.2. The van der Waals surface area contributed by atoms with Gasteiger partial charge in [0.1, 0.15) is 6.04 Å². The minimum atomic E-state index is -0.839. The predicted molar refractivity (Wildman–Crippen MR) is 109 cm³/mol. The number of hydrogen-bond acceptors (Lipinski definition) is 3. The molecule has 2 bridgehead atoms. The third kappa shape index (κ3) is 2.81. The Hall–Kier alpha value is -2.38. The van der Waals surface area contributed by atoms with Gasteiger partial charge in [-0.05, 0) is 30.5 Å². The van der Waals surface area contributed by atoms with Crippen LogP contribution in [0.5, 0.6) is 0 Å². The largest absolute Gasteiger partial charge is 0.480 e. The van der Waals surface area contributed by atoms with Crippen molar-refractivity contribution in [3.63, 3.8) is 0 Å². The normalized spacial score (nSPS) is 22.8. The number of H-pyrrole nitrogens is 1. The third-order valence-electron chi connectivity index (χ3n) is 6.08. The Kier molecular flexibility index (Phi) is 4.17. The molecule has 1 fully saturated rings. The minimum Gasteiger partial charge on any atom is -0.480 e. The summed E-state index contributed by atoms with van der Waals surface area (Å²) in [6, 6.07) is 10.6. The molecule has 0 saturated carbocycles. The van der Waals surface area contributed by atoms with Gasteiger partial charge in [0.15, 0.2) is 0 Å². The van der Waals surface area contributed by atoms with Crippen molar-refractivity contribution in [2.45, 2.75) is 24.9 Å². The monoisotopic (exact) mass is 441 g/mol. The van der Waals surface area contributed by atoms with Gasteiger partial charge in [-0.2, -0.15) is 0 Å². The van der Waals surface area contributed by atoms with Crippen LogP contribution < -0.4 is 5.56 Å². The Morgan fingerprint density at radius 1 is 1.21 bits per heavy atom. The van der Waals surface area contributed by atoms with Crippen LogP contribution in [0.3, 0.4) is 0 Å². The van der Waals surface area contributed by atoms with Crippen LogP contribution in [0.1, 0.15) is 29.6 Å². The van der Waals surface area contributed by atoms with Crippen LogP contribution in [0.2, 0.25) is 0 Å². The standard InChI is InChI=1S/C21H20BrN3O3/c22-14-4-5-15-16(8-23-17(15)7-14)20(21(27)28)24-9-12-6-13(11-24)18-2-1-3-19(26)25(18)10-12/h1-5,7-8,12-13,20,23H,6,9-11H2,(H,27,28)/t12-,13+,20+/m0/s1. The van der Waals surface area contributed by atoms with Crippen LogP contribution in [-0.2, 0) is 11.3 Å². The first-order chi connectivity index (χ1) is 13.5. The lowest BCUT2D eigenvalue weighted by Crippen LogP contribution is -2.49. The summed E-state index contributed by atoms with van der Waals surface area (Å²) >= 11 is 3.46. The summed E-state index contributed by atoms with van der Waals surface area (Å²) in [4.78, 5) is 29.8. The summed E-state index contributed by atoms with van der Waals surface area (Å²) in [6.07, 6.45) is 2.83. The molecule has 4 heterocycles. The van der Waals surface area contributed by atoms with Gasteiger partial charge >= 0.3 is 5.97 Å². The zero-order valence-electron chi connectivity index (χ0n) is 15.1. The average Bonchev–Trinajstić information content (AvgIpc) is 3.05. The van der Waals surface area contributed by atoms with E-state index < -0.39 is 12.0 Å². The number of carboxylic acid groups (broad SMARTS) is 1. The number of likely N-dealkylation sites (tertiary alicyclic amines) is 1. The molecule has 7 heteroatoms. The number of nitrogens with one attached hydrogen (secondary N) is 1. The number of carboxylic acids is 1. The van der Waals surface area contributed by atoms with E-state index in [1.54, 1.807) is 12.1 Å². The molecule has 2 N–H and O–H groups in total. The maximum atomic E-state index is 12.3. The lowest BCUT2D eigenvalue weighted by Gasteiger charge is -2.44. The van der Waals surface area contributed by atoms with Crippen molar-refractivity contribution in [1.82, 2.24) is 14.5 Å². The minimum absolute atomic E-state index is 0.0395. The van der Waals surface area contributed by atoms with Crippen LogP contribution in [0.15, 0.2) is 51.9 Å². The van der Waals surface area contributed by atoms with Gasteiger partial charge in [-0.3, -0.25) is 14.5 Å². The fraction of sp³-hybridized carbons (Fsp3) is 0.333. The third-order valence-corrected chi connectivity index (χ3v) is 6.57. The highest BCUT2D eigenvalue weighted by molar-refractivity contribution is 9.10. The highest BCUT2D eigenvalue weighted by Gasteiger charge is 2.40. The number of benzene rings is 1. The summed E-state index contributed by atoms with van der Waals surface area (Å²) in [5, 5.41) is 11.0. The molecule has 3 aromatic rings. The molecule has 28 heavy (non-hydrogen) atoms. The maximum Gasteiger partial charge on any atom is 0.325 e. The molecule has 1 aromatic carbocycles. The second kappa shape index (κ2) is 6.60. The van der Waals surface area contributed by atoms with Crippen molar-refractivity contribution < 1.29 is 9.90 Å². The molecule has 3 atom stereocenters. The number of carbonyl (C=O) groups is 1. The quantitative estimate of drug-likeness (QED) is 0.653. The number of nitrogens with zero attached hydrogens (tertiary/aromatic N) is 2. The fourth-order valence-corrected chi connectivity index (χ4v) is 5.34. The van der Waals surface area contributed by atoms with Gasteiger partial charge in [0.05, 0.1) is 0 Å². The lowest BCUT2D eigenvalue weighted by molar-refractivity contribution is -0.144. The topological polar surface area (TPSA) is 78.3 Å². The predicted octanol–water partition coefficient (Wildman–Crippen LogP) is 3.34. The van der Waals surface area contributed by atoms with Crippen molar-refractivity contribution in [2.75, 3.05) is 13.1 Å². The molecule has 5 rings (SSSR count). The first kappa shape index (κ1) is 17.7. The molecule has 2 aromatic heterocycles. The number of fused-ring (bicyclic) bond motifs is 5. The van der Waals surface area contributed by atoms with Gasteiger partial charge in [-0.15, -0.1) is 0 Å². The summed E-state index contributed by atoms with van der Waals surface area (Å²) in [5.41, 5.74) is 2.78. The number of pyridine rings is 1. The van der Waals surface area contributed by atoms with Gasteiger partial charge in [0.2, 0.25) is 0 Å². The van der Waals surface area contributed by atoms with Crippen molar-refractivity contribution in [3.05, 3.63) is 68.7 Å². The van der Waals surface area contributed by atoms with E-state index in [1.165, 1.54) is 0 Å². The van der Waals surface area contributed by atoms with E-state index in [-0.39, 0.29) is 17.4 Å². The second-order valence-electron chi connectivity index (χ2n) is 7.83. The smallest absolute Gasteiger partial charge is 0.325 e. The number of aliphatic carboxylic acids is 1. The number of aromatic amines is 1. The lowest BCUT2D eigenvalue weighted by atomic mass is 9.82.